The fourth-order valence-electron chi connectivity index (χ4n) is 4.32. The van der Waals surface area contributed by atoms with Gasteiger partial charge in [-0.2, -0.15) is 4.98 Å². The second-order valence-corrected chi connectivity index (χ2v) is 8.00. The van der Waals surface area contributed by atoms with E-state index in [0.29, 0.717) is 18.1 Å². The van der Waals surface area contributed by atoms with Gasteiger partial charge in [0, 0.05) is 55.3 Å². The average molecular weight is 427 g/mol. The lowest BCUT2D eigenvalue weighted by atomic mass is 10.1. The van der Waals surface area contributed by atoms with Gasteiger partial charge in [-0.3, -0.25) is 9.36 Å². The summed E-state index contributed by atoms with van der Waals surface area (Å²) in [5.41, 5.74) is 5.94. The van der Waals surface area contributed by atoms with Crippen molar-refractivity contribution in [3.63, 3.8) is 0 Å². The first-order chi connectivity index (χ1) is 15.7. The molecule has 0 bridgehead atoms. The van der Waals surface area contributed by atoms with Gasteiger partial charge in [-0.25, -0.2) is 4.98 Å². The Morgan fingerprint density at radius 2 is 1.97 bits per heavy atom. The van der Waals surface area contributed by atoms with E-state index in [-0.39, 0.29) is 5.91 Å². The van der Waals surface area contributed by atoms with Gasteiger partial charge in [-0.1, -0.05) is 36.4 Å². The van der Waals surface area contributed by atoms with Crippen molar-refractivity contribution in [1.82, 2.24) is 25.2 Å². The van der Waals surface area contributed by atoms with E-state index in [1.165, 1.54) is 5.56 Å². The van der Waals surface area contributed by atoms with Crippen LogP contribution in [0.15, 0.2) is 54.6 Å². The van der Waals surface area contributed by atoms with Crippen LogP contribution in [-0.4, -0.2) is 34.0 Å². The van der Waals surface area contributed by atoms with Gasteiger partial charge in [0.2, 0.25) is 5.95 Å². The van der Waals surface area contributed by atoms with Gasteiger partial charge in [0.1, 0.15) is 5.82 Å². The number of rotatable bonds is 5. The quantitative estimate of drug-likeness (QED) is 0.456. The minimum absolute atomic E-state index is 0.101. The van der Waals surface area contributed by atoms with Crippen LogP contribution in [0.3, 0.4) is 0 Å². The first-order valence-electron chi connectivity index (χ1n) is 10.9. The van der Waals surface area contributed by atoms with Crippen molar-refractivity contribution in [2.75, 3.05) is 18.9 Å². The van der Waals surface area contributed by atoms with Crippen molar-refractivity contribution in [3.8, 4) is 5.95 Å². The summed E-state index contributed by atoms with van der Waals surface area (Å²) in [6.45, 7) is 4.36. The van der Waals surface area contributed by atoms with E-state index in [4.69, 9.17) is 9.97 Å². The van der Waals surface area contributed by atoms with Crippen LogP contribution in [0.5, 0.6) is 0 Å². The summed E-state index contributed by atoms with van der Waals surface area (Å²) in [4.78, 5) is 22.3. The standard InChI is InChI=1S/C25H26N6O/c1-16-13-19-18(24(32)26-2)9-6-10-22(19)31(16)25-29-21-11-12-27-15-20(21)23(30-25)28-14-17-7-4-3-5-8-17/h3-10,13,27H,11-12,14-15H2,1-2H3,(H,26,32)(H,28,29,30). The highest BCUT2D eigenvalue weighted by Gasteiger charge is 2.21. The van der Waals surface area contributed by atoms with Crippen molar-refractivity contribution >= 4 is 22.6 Å². The monoisotopic (exact) mass is 426 g/mol. The summed E-state index contributed by atoms with van der Waals surface area (Å²) < 4.78 is 2.04. The molecule has 7 heteroatoms. The van der Waals surface area contributed by atoms with Crippen LogP contribution in [-0.2, 0) is 19.5 Å². The number of carbonyl (C=O) groups excluding carboxylic acids is 1. The molecule has 0 saturated carbocycles. The van der Waals surface area contributed by atoms with Crippen LogP contribution in [0, 0.1) is 6.92 Å². The van der Waals surface area contributed by atoms with Gasteiger partial charge < -0.3 is 16.0 Å². The van der Waals surface area contributed by atoms with Gasteiger partial charge in [-0.05, 0) is 30.7 Å². The molecule has 2 aromatic carbocycles. The van der Waals surface area contributed by atoms with Crippen LogP contribution in [0.1, 0.15) is 32.9 Å². The molecule has 1 amide bonds. The number of fused-ring (bicyclic) bond motifs is 2. The molecular formula is C25H26N6O. The first kappa shape index (κ1) is 20.2. The normalized spacial score (nSPS) is 13.1. The molecule has 7 nitrogen and oxygen atoms in total. The highest BCUT2D eigenvalue weighted by Crippen LogP contribution is 2.28. The maximum absolute atomic E-state index is 12.4. The molecule has 0 spiro atoms. The molecule has 0 fully saturated rings. The van der Waals surface area contributed by atoms with Crippen LogP contribution in [0.2, 0.25) is 0 Å². The minimum Gasteiger partial charge on any atom is -0.366 e. The molecule has 0 aliphatic carbocycles. The van der Waals surface area contributed by atoms with Crippen molar-refractivity contribution in [2.24, 2.45) is 0 Å². The maximum atomic E-state index is 12.4. The topological polar surface area (TPSA) is 83.9 Å². The highest BCUT2D eigenvalue weighted by atomic mass is 16.1. The summed E-state index contributed by atoms with van der Waals surface area (Å²) in [7, 11) is 1.65. The number of nitrogens with zero attached hydrogens (tertiary/aromatic N) is 3. The Kier molecular flexibility index (Phi) is 5.33. The predicted octanol–water partition coefficient (Wildman–Crippen LogP) is 3.35. The van der Waals surface area contributed by atoms with Gasteiger partial charge in [-0.15, -0.1) is 0 Å². The lowest BCUT2D eigenvalue weighted by molar-refractivity contribution is 0.0964. The number of nitrogens with one attached hydrogen (secondary N) is 3. The largest absolute Gasteiger partial charge is 0.366 e. The summed E-state index contributed by atoms with van der Waals surface area (Å²) in [5, 5.41) is 10.6. The molecule has 0 unspecified atom stereocenters. The zero-order valence-electron chi connectivity index (χ0n) is 18.3. The molecule has 0 radical (unpaired) electrons. The Bertz CT molecular complexity index is 1300. The van der Waals surface area contributed by atoms with E-state index in [0.717, 1.165) is 53.2 Å². The molecule has 1 aliphatic heterocycles. The third-order valence-electron chi connectivity index (χ3n) is 5.93. The zero-order chi connectivity index (χ0) is 22.1. The Morgan fingerprint density at radius 3 is 2.78 bits per heavy atom. The van der Waals surface area contributed by atoms with E-state index in [1.807, 2.05) is 54.0 Å². The van der Waals surface area contributed by atoms with Gasteiger partial charge in [0.15, 0.2) is 0 Å². The fraction of sp³-hybridized carbons (Fsp3) is 0.240. The maximum Gasteiger partial charge on any atom is 0.251 e. The van der Waals surface area contributed by atoms with Crippen LogP contribution in [0.4, 0.5) is 5.82 Å². The van der Waals surface area contributed by atoms with Crippen LogP contribution < -0.4 is 16.0 Å². The van der Waals surface area contributed by atoms with E-state index < -0.39 is 0 Å². The van der Waals surface area contributed by atoms with Crippen LogP contribution in [0.25, 0.3) is 16.9 Å². The molecule has 0 atom stereocenters. The molecule has 3 N–H and O–H groups in total. The lowest BCUT2D eigenvalue weighted by Crippen LogP contribution is -2.27. The van der Waals surface area contributed by atoms with Crippen LogP contribution >= 0.6 is 0 Å². The number of anilines is 1. The Hall–Kier alpha value is -3.71. The molecule has 162 valence electrons. The van der Waals surface area contributed by atoms with E-state index in [9.17, 15) is 4.79 Å². The number of aryl methyl sites for hydroxylation is 1. The Morgan fingerprint density at radius 1 is 1.12 bits per heavy atom. The molecule has 2 aromatic heterocycles. The van der Waals surface area contributed by atoms with Gasteiger partial charge >= 0.3 is 0 Å². The van der Waals surface area contributed by atoms with Crippen molar-refractivity contribution in [2.45, 2.75) is 26.4 Å². The molecule has 4 aromatic rings. The summed E-state index contributed by atoms with van der Waals surface area (Å²) in [5.74, 6) is 1.38. The summed E-state index contributed by atoms with van der Waals surface area (Å²) >= 11 is 0. The summed E-state index contributed by atoms with van der Waals surface area (Å²) in [6, 6.07) is 18.1. The zero-order valence-corrected chi connectivity index (χ0v) is 18.3. The minimum atomic E-state index is -0.101. The van der Waals surface area contributed by atoms with Crippen molar-refractivity contribution in [3.05, 3.63) is 82.7 Å². The number of aromatic nitrogens is 3. The number of carbonyl (C=O) groups is 1. The molecular weight excluding hydrogens is 400 g/mol. The molecule has 32 heavy (non-hydrogen) atoms. The lowest BCUT2D eigenvalue weighted by Gasteiger charge is -2.21. The molecule has 3 heterocycles. The SMILES string of the molecule is CNC(=O)c1cccc2c1cc(C)n2-c1nc2c(c(NCc3ccccc3)n1)CNCC2. The second kappa shape index (κ2) is 8.43. The fourth-order valence-corrected chi connectivity index (χ4v) is 4.32. The van der Waals surface area contributed by atoms with Crippen molar-refractivity contribution in [1.29, 1.82) is 0 Å². The van der Waals surface area contributed by atoms with Gasteiger partial charge in [0.25, 0.3) is 5.91 Å². The number of benzene rings is 2. The average Bonchev–Trinajstić information content (AvgIpc) is 3.18. The molecule has 0 saturated heterocycles. The van der Waals surface area contributed by atoms with E-state index in [2.05, 4.69) is 28.1 Å². The summed E-state index contributed by atoms with van der Waals surface area (Å²) in [6.07, 6.45) is 0.854. The molecule has 5 rings (SSSR count). The van der Waals surface area contributed by atoms with E-state index >= 15 is 0 Å². The smallest absolute Gasteiger partial charge is 0.251 e. The van der Waals surface area contributed by atoms with Gasteiger partial charge in [0.05, 0.1) is 11.2 Å². The number of amides is 1. The van der Waals surface area contributed by atoms with E-state index in [1.54, 1.807) is 7.05 Å². The number of hydrogen-bond donors (Lipinski definition) is 3. The molecule has 1 aliphatic rings. The Balaban J connectivity index is 1.62. The highest BCUT2D eigenvalue weighted by molar-refractivity contribution is 6.07. The Labute approximate surface area is 186 Å². The van der Waals surface area contributed by atoms with Crippen molar-refractivity contribution < 1.29 is 4.79 Å². The third-order valence-corrected chi connectivity index (χ3v) is 5.93. The first-order valence-corrected chi connectivity index (χ1v) is 10.9. The number of hydrogen-bond acceptors (Lipinski definition) is 5. The predicted molar refractivity (Wildman–Crippen MR) is 126 cm³/mol. The second-order valence-electron chi connectivity index (χ2n) is 8.00. The third kappa shape index (κ3) is 3.61.